The minimum absolute atomic E-state index is 0.0135. The monoisotopic (exact) mass is 265 g/mol. The zero-order valence-electron chi connectivity index (χ0n) is 9.39. The number of aryl methyl sites for hydroxylation is 1. The highest BCUT2D eigenvalue weighted by Gasteiger charge is 2.15. The van der Waals surface area contributed by atoms with Gasteiger partial charge >= 0.3 is 0 Å². The van der Waals surface area contributed by atoms with Crippen molar-refractivity contribution in [3.8, 4) is 0 Å². The SMILES string of the molecule is Cc1nnc(Sc2nccs2)c(C(=N)N)c1C. The van der Waals surface area contributed by atoms with Crippen LogP contribution in [0.3, 0.4) is 0 Å². The Bertz CT molecular complexity index is 550. The van der Waals surface area contributed by atoms with E-state index in [1.807, 2.05) is 19.2 Å². The number of nitrogens with one attached hydrogen (secondary N) is 1. The van der Waals surface area contributed by atoms with Crippen LogP contribution in [0.4, 0.5) is 0 Å². The Balaban J connectivity index is 2.47. The van der Waals surface area contributed by atoms with Crippen molar-refractivity contribution in [1.29, 1.82) is 5.41 Å². The summed E-state index contributed by atoms with van der Waals surface area (Å²) in [5.74, 6) is 0.0135. The predicted octanol–water partition coefficient (Wildman–Crippen LogP) is 1.99. The first-order chi connectivity index (χ1) is 8.09. The number of rotatable bonds is 3. The lowest BCUT2D eigenvalue weighted by Gasteiger charge is -2.09. The molecule has 0 unspecified atom stereocenters. The Hall–Kier alpha value is -1.47. The molecule has 5 nitrogen and oxygen atoms in total. The summed E-state index contributed by atoms with van der Waals surface area (Å²) in [6, 6.07) is 0. The lowest BCUT2D eigenvalue weighted by atomic mass is 10.1. The van der Waals surface area contributed by atoms with Gasteiger partial charge in [0.05, 0.1) is 11.3 Å². The molecule has 2 aromatic rings. The molecular formula is C10H11N5S2. The van der Waals surface area contributed by atoms with Crippen LogP contribution in [-0.2, 0) is 0 Å². The van der Waals surface area contributed by atoms with Gasteiger partial charge in [0.1, 0.15) is 10.9 Å². The average Bonchev–Trinajstić information content (AvgIpc) is 2.76. The predicted molar refractivity (Wildman–Crippen MR) is 68.8 cm³/mol. The van der Waals surface area contributed by atoms with Gasteiger partial charge in [0, 0.05) is 11.6 Å². The fourth-order valence-corrected chi connectivity index (χ4v) is 3.00. The van der Waals surface area contributed by atoms with Crippen LogP contribution in [0.5, 0.6) is 0 Å². The summed E-state index contributed by atoms with van der Waals surface area (Å²) in [5, 5.41) is 18.3. The quantitative estimate of drug-likeness (QED) is 0.654. The highest BCUT2D eigenvalue weighted by molar-refractivity contribution is 8.01. The summed E-state index contributed by atoms with van der Waals surface area (Å²) in [7, 11) is 0. The number of nitrogens with two attached hydrogens (primary N) is 1. The fourth-order valence-electron chi connectivity index (χ4n) is 1.32. The van der Waals surface area contributed by atoms with E-state index in [1.54, 1.807) is 6.20 Å². The number of nitrogens with zero attached hydrogens (tertiary/aromatic N) is 3. The van der Waals surface area contributed by atoms with Crippen molar-refractivity contribution in [3.05, 3.63) is 28.4 Å². The fraction of sp³-hybridized carbons (Fsp3) is 0.200. The highest BCUT2D eigenvalue weighted by Crippen LogP contribution is 2.31. The number of amidine groups is 1. The summed E-state index contributed by atoms with van der Waals surface area (Å²) in [4.78, 5) is 4.17. The van der Waals surface area contributed by atoms with Crippen LogP contribution in [-0.4, -0.2) is 21.0 Å². The molecule has 0 saturated heterocycles. The molecule has 0 aromatic carbocycles. The molecule has 0 aliphatic heterocycles. The lowest BCUT2D eigenvalue weighted by molar-refractivity contribution is 0.872. The number of nitrogen functional groups attached to an aromatic ring is 1. The molecule has 2 rings (SSSR count). The van der Waals surface area contributed by atoms with E-state index in [0.717, 1.165) is 15.6 Å². The molecule has 0 radical (unpaired) electrons. The summed E-state index contributed by atoms with van der Waals surface area (Å²) in [6.07, 6.45) is 1.73. The number of thiazole rings is 1. The summed E-state index contributed by atoms with van der Waals surface area (Å²) in [5.41, 5.74) is 7.93. The molecule has 0 bridgehead atoms. The first-order valence-corrected chi connectivity index (χ1v) is 6.55. The lowest BCUT2D eigenvalue weighted by Crippen LogP contribution is -2.16. The third-order valence-electron chi connectivity index (χ3n) is 2.29. The smallest absolute Gasteiger partial charge is 0.156 e. The molecule has 2 aromatic heterocycles. The maximum absolute atomic E-state index is 7.62. The van der Waals surface area contributed by atoms with Crippen LogP contribution >= 0.6 is 23.1 Å². The molecule has 2 heterocycles. The van der Waals surface area contributed by atoms with E-state index >= 15 is 0 Å². The van der Waals surface area contributed by atoms with E-state index < -0.39 is 0 Å². The van der Waals surface area contributed by atoms with Crippen molar-refractivity contribution in [1.82, 2.24) is 15.2 Å². The molecule has 0 saturated carbocycles. The zero-order valence-corrected chi connectivity index (χ0v) is 11.0. The Morgan fingerprint density at radius 1 is 1.41 bits per heavy atom. The molecular weight excluding hydrogens is 254 g/mol. The molecule has 0 atom stereocenters. The van der Waals surface area contributed by atoms with E-state index in [2.05, 4.69) is 15.2 Å². The van der Waals surface area contributed by atoms with Gasteiger partial charge in [0.2, 0.25) is 0 Å². The molecule has 0 spiro atoms. The number of hydrogen-bond acceptors (Lipinski definition) is 6. The molecule has 7 heteroatoms. The molecule has 3 N–H and O–H groups in total. The molecule has 0 amide bonds. The van der Waals surface area contributed by atoms with Crippen molar-refractivity contribution >= 4 is 28.9 Å². The molecule has 0 aliphatic rings. The van der Waals surface area contributed by atoms with Gasteiger partial charge in [-0.25, -0.2) is 4.98 Å². The van der Waals surface area contributed by atoms with Gasteiger partial charge in [-0.3, -0.25) is 5.41 Å². The molecule has 0 aliphatic carbocycles. The highest BCUT2D eigenvalue weighted by atomic mass is 32.2. The maximum Gasteiger partial charge on any atom is 0.156 e. The van der Waals surface area contributed by atoms with Crippen LogP contribution in [0.1, 0.15) is 16.8 Å². The van der Waals surface area contributed by atoms with E-state index in [1.165, 1.54) is 23.1 Å². The van der Waals surface area contributed by atoms with Crippen LogP contribution < -0.4 is 5.73 Å². The van der Waals surface area contributed by atoms with Crippen LogP contribution in [0.2, 0.25) is 0 Å². The zero-order chi connectivity index (χ0) is 12.4. The second-order valence-electron chi connectivity index (χ2n) is 3.40. The van der Waals surface area contributed by atoms with Gasteiger partial charge in [-0.05, 0) is 31.2 Å². The van der Waals surface area contributed by atoms with Gasteiger partial charge in [-0.2, -0.15) is 5.10 Å². The van der Waals surface area contributed by atoms with Gasteiger partial charge < -0.3 is 5.73 Å². The van der Waals surface area contributed by atoms with E-state index in [9.17, 15) is 0 Å². The van der Waals surface area contributed by atoms with Crippen LogP contribution in [0.15, 0.2) is 20.9 Å². The first-order valence-electron chi connectivity index (χ1n) is 4.85. The summed E-state index contributed by atoms with van der Waals surface area (Å²) >= 11 is 2.91. The third-order valence-corrected chi connectivity index (χ3v) is 4.15. The second-order valence-corrected chi connectivity index (χ2v) is 5.53. The number of hydrogen-bond donors (Lipinski definition) is 2. The second kappa shape index (κ2) is 4.80. The summed E-state index contributed by atoms with van der Waals surface area (Å²) < 4.78 is 0.866. The largest absolute Gasteiger partial charge is 0.384 e. The van der Waals surface area contributed by atoms with Gasteiger partial charge in [0.25, 0.3) is 0 Å². The van der Waals surface area contributed by atoms with Crippen molar-refractivity contribution in [2.75, 3.05) is 0 Å². The minimum atomic E-state index is 0.0135. The standard InChI is InChI=1S/C10H11N5S2/c1-5-6(2)14-15-9(7(5)8(11)12)17-10-13-3-4-16-10/h3-4H,1-2H3,(H3,11,12). The first kappa shape index (κ1) is 12.0. The number of aromatic nitrogens is 3. The van der Waals surface area contributed by atoms with Crippen molar-refractivity contribution in [2.45, 2.75) is 23.2 Å². The van der Waals surface area contributed by atoms with Gasteiger partial charge in [0.15, 0.2) is 4.34 Å². The Labute approximate surface area is 107 Å². The third kappa shape index (κ3) is 2.45. The average molecular weight is 265 g/mol. The minimum Gasteiger partial charge on any atom is -0.384 e. The van der Waals surface area contributed by atoms with Crippen molar-refractivity contribution in [2.24, 2.45) is 5.73 Å². The van der Waals surface area contributed by atoms with Gasteiger partial charge in [-0.15, -0.1) is 16.4 Å². The van der Waals surface area contributed by atoms with Crippen LogP contribution in [0, 0.1) is 19.3 Å². The van der Waals surface area contributed by atoms with E-state index in [4.69, 9.17) is 11.1 Å². The van der Waals surface area contributed by atoms with E-state index in [-0.39, 0.29) is 5.84 Å². The Morgan fingerprint density at radius 2 is 2.18 bits per heavy atom. The Kier molecular flexibility index (Phi) is 3.39. The molecule has 88 valence electrons. The van der Waals surface area contributed by atoms with Gasteiger partial charge in [-0.1, -0.05) is 0 Å². The maximum atomic E-state index is 7.62. The van der Waals surface area contributed by atoms with E-state index in [0.29, 0.717) is 10.6 Å². The normalized spacial score (nSPS) is 10.5. The topological polar surface area (TPSA) is 88.5 Å². The Morgan fingerprint density at radius 3 is 2.76 bits per heavy atom. The molecule has 17 heavy (non-hydrogen) atoms. The van der Waals surface area contributed by atoms with Crippen molar-refractivity contribution < 1.29 is 0 Å². The van der Waals surface area contributed by atoms with Crippen LogP contribution in [0.25, 0.3) is 0 Å². The van der Waals surface area contributed by atoms with Crippen molar-refractivity contribution in [3.63, 3.8) is 0 Å². The molecule has 0 fully saturated rings. The summed E-state index contributed by atoms with van der Waals surface area (Å²) in [6.45, 7) is 3.75.